The van der Waals surface area contributed by atoms with E-state index in [0.717, 1.165) is 10.9 Å². The molecule has 3 atom stereocenters. The zero-order chi connectivity index (χ0) is 31.5. The van der Waals surface area contributed by atoms with E-state index in [1.807, 2.05) is 6.07 Å². The number of aliphatic carboxylic acids is 1. The van der Waals surface area contributed by atoms with E-state index in [2.05, 4.69) is 25.8 Å². The second kappa shape index (κ2) is 13.1. The van der Waals surface area contributed by atoms with Gasteiger partial charge in [0.2, 0.25) is 12.2 Å². The number of halogens is 2. The molecule has 16 heteroatoms. The molecule has 0 aliphatic carbocycles. The Bertz CT molecular complexity index is 1690. The van der Waals surface area contributed by atoms with Gasteiger partial charge in [-0.1, -0.05) is 29.3 Å². The van der Waals surface area contributed by atoms with Crippen LogP contribution in [-0.4, -0.2) is 103 Å². The quantitative estimate of drug-likeness (QED) is 0.128. The highest BCUT2D eigenvalue weighted by Gasteiger charge is 2.31. The second-order valence-corrected chi connectivity index (χ2v) is 11.3. The van der Waals surface area contributed by atoms with E-state index >= 15 is 0 Å². The van der Waals surface area contributed by atoms with Crippen LogP contribution in [0.4, 0.5) is 0 Å². The maximum Gasteiger partial charge on any atom is 0.328 e. The van der Waals surface area contributed by atoms with Gasteiger partial charge in [0, 0.05) is 43.7 Å². The van der Waals surface area contributed by atoms with Crippen LogP contribution in [-0.2, 0) is 17.8 Å². The number of amides is 2. The van der Waals surface area contributed by atoms with Crippen molar-refractivity contribution in [1.82, 2.24) is 30.6 Å². The number of carboxylic acids is 1. The number of β-amino-alcohol motifs (C(OH)–C–C–N with tert-alkyl or cyclic N) is 1. The third-order valence-corrected chi connectivity index (χ3v) is 8.39. The molecule has 44 heavy (non-hydrogen) atoms. The molecule has 3 aromatic rings. The number of nitriles is 1. The van der Waals surface area contributed by atoms with Crippen molar-refractivity contribution in [3.63, 3.8) is 0 Å². The molecule has 2 amide bonds. The van der Waals surface area contributed by atoms with E-state index in [1.54, 1.807) is 35.5 Å². The lowest BCUT2D eigenvalue weighted by Crippen LogP contribution is -2.55. The number of aliphatic imine (C=N–C) groups is 1. The van der Waals surface area contributed by atoms with Gasteiger partial charge in [0.15, 0.2) is 0 Å². The molecule has 0 saturated carbocycles. The number of nitrogens with zero attached hydrogens (tertiary/aromatic N) is 5. The van der Waals surface area contributed by atoms with Crippen molar-refractivity contribution in [3.05, 3.63) is 62.8 Å². The number of fused-ring (bicyclic) bond motifs is 2. The first-order chi connectivity index (χ1) is 21.1. The number of aromatic nitrogens is 2. The van der Waals surface area contributed by atoms with Crippen LogP contribution in [0.2, 0.25) is 10.0 Å². The minimum Gasteiger partial charge on any atom is -0.480 e. The largest absolute Gasteiger partial charge is 0.480 e. The highest BCUT2D eigenvalue weighted by atomic mass is 35.5. The zero-order valence-corrected chi connectivity index (χ0v) is 24.6. The topological polar surface area (TPSA) is 207 Å². The summed E-state index contributed by atoms with van der Waals surface area (Å²) in [5, 5.41) is 51.5. The van der Waals surface area contributed by atoms with E-state index < -0.39 is 30.1 Å². The van der Waals surface area contributed by atoms with E-state index in [4.69, 9.17) is 28.5 Å². The molecule has 2 aliphatic heterocycles. The Morgan fingerprint density at radius 3 is 2.70 bits per heavy atom. The summed E-state index contributed by atoms with van der Waals surface area (Å²) in [5.41, 5.74) is 2.43. The summed E-state index contributed by atoms with van der Waals surface area (Å²) in [5.74, 6) is -2.39. The first-order valence-corrected chi connectivity index (χ1v) is 14.4. The maximum absolute atomic E-state index is 13.3. The van der Waals surface area contributed by atoms with Gasteiger partial charge in [-0.25, -0.2) is 4.79 Å². The van der Waals surface area contributed by atoms with Crippen LogP contribution in [0.1, 0.15) is 38.3 Å². The lowest BCUT2D eigenvalue weighted by molar-refractivity contribution is -0.139. The number of carbonyl (C=O) groups excluding carboxylic acids is 2. The molecule has 1 fully saturated rings. The Balaban J connectivity index is 1.28. The molecule has 0 bridgehead atoms. The Hall–Kier alpha value is -4.42. The summed E-state index contributed by atoms with van der Waals surface area (Å²) >= 11 is 13.1. The molecule has 14 nitrogen and oxygen atoms in total. The van der Waals surface area contributed by atoms with Crippen molar-refractivity contribution >= 4 is 57.8 Å². The SMILES string of the molecule is N#C/N=C(\NC[C@H](NC(=O)c1c(Cl)cc2c(c1Cl)CCN(C(=O)c1ccc3cn[nH]c3c1)C2)C(=O)O)N1CC[C@H](O)[C@@H](O)C1. The Morgan fingerprint density at radius 2 is 1.98 bits per heavy atom. The Labute approximate surface area is 260 Å². The molecular weight excluding hydrogens is 615 g/mol. The number of H-pyrrole nitrogens is 1. The number of carboxylic acid groups (broad SMARTS) is 1. The number of carbonyl (C=O) groups is 3. The number of aliphatic hydroxyl groups is 2. The van der Waals surface area contributed by atoms with E-state index in [1.165, 1.54) is 4.90 Å². The molecule has 0 spiro atoms. The molecule has 1 saturated heterocycles. The van der Waals surface area contributed by atoms with Gasteiger partial charge >= 0.3 is 5.97 Å². The monoisotopic (exact) mass is 642 g/mol. The Kier molecular flexibility index (Phi) is 9.21. The number of guanidine groups is 1. The normalized spacial score (nSPS) is 19.2. The summed E-state index contributed by atoms with van der Waals surface area (Å²) in [6, 6.07) is 5.35. The van der Waals surface area contributed by atoms with Crippen molar-refractivity contribution in [1.29, 1.82) is 5.26 Å². The molecule has 0 unspecified atom stereocenters. The molecule has 3 heterocycles. The molecular formula is C28H28Cl2N8O6. The lowest BCUT2D eigenvalue weighted by atomic mass is 9.96. The molecule has 6 N–H and O–H groups in total. The fraction of sp³-hybridized carbons (Fsp3) is 0.357. The first kappa shape index (κ1) is 31.0. The number of piperidine rings is 1. The number of aliphatic hydroxyl groups excluding tert-OH is 2. The number of benzene rings is 2. The zero-order valence-electron chi connectivity index (χ0n) is 23.1. The second-order valence-electron chi connectivity index (χ2n) is 10.5. The fourth-order valence-electron chi connectivity index (χ4n) is 5.29. The molecule has 5 rings (SSSR count). The van der Waals surface area contributed by atoms with Gasteiger partial charge in [0.1, 0.15) is 6.04 Å². The Morgan fingerprint density at radius 1 is 1.18 bits per heavy atom. The van der Waals surface area contributed by atoms with Gasteiger partial charge in [-0.15, -0.1) is 4.99 Å². The van der Waals surface area contributed by atoms with Crippen molar-refractivity contribution in [2.75, 3.05) is 26.2 Å². The molecule has 0 radical (unpaired) electrons. The van der Waals surface area contributed by atoms with Crippen LogP contribution in [0.25, 0.3) is 10.9 Å². The predicted molar refractivity (Wildman–Crippen MR) is 159 cm³/mol. The van der Waals surface area contributed by atoms with Crippen molar-refractivity contribution in [2.45, 2.75) is 37.6 Å². The predicted octanol–water partition coefficient (Wildman–Crippen LogP) is 1.11. The van der Waals surface area contributed by atoms with Gasteiger partial charge in [0.05, 0.1) is 39.5 Å². The average molecular weight is 643 g/mol. The van der Waals surface area contributed by atoms with Crippen molar-refractivity contribution in [2.24, 2.45) is 4.99 Å². The van der Waals surface area contributed by atoms with Crippen LogP contribution in [0.5, 0.6) is 0 Å². The van der Waals surface area contributed by atoms with Crippen molar-refractivity contribution in [3.8, 4) is 6.19 Å². The number of nitrogens with one attached hydrogen (secondary N) is 3. The standard InChI is InChI=1S/C28H28Cl2N8O6/c29-18-7-16-11-37(26(42)14-1-2-15-9-34-36-19(15)8-14)5-3-17(16)24(30)23(18)25(41)35-20(27(43)44)10-32-28(33-13-31)38-6-4-21(39)22(40)12-38/h1-2,7-9,20-22,39-40H,3-6,10-12H2,(H,32,33)(H,34,36)(H,35,41)(H,43,44)/t20-,21-,22-/m0/s1. The van der Waals surface area contributed by atoms with Gasteiger partial charge in [-0.3, -0.25) is 14.7 Å². The van der Waals surface area contributed by atoms with Crippen molar-refractivity contribution < 1.29 is 29.7 Å². The highest BCUT2D eigenvalue weighted by Crippen LogP contribution is 2.35. The number of aromatic amines is 1. The lowest BCUT2D eigenvalue weighted by Gasteiger charge is -2.35. The summed E-state index contributed by atoms with van der Waals surface area (Å²) in [4.78, 5) is 45.4. The summed E-state index contributed by atoms with van der Waals surface area (Å²) in [6.45, 7) is 0.417. The van der Waals surface area contributed by atoms with Gasteiger partial charge in [0.25, 0.3) is 11.8 Å². The third kappa shape index (κ3) is 6.41. The number of hydrogen-bond donors (Lipinski definition) is 6. The van der Waals surface area contributed by atoms with Crippen LogP contribution in [0, 0.1) is 11.5 Å². The van der Waals surface area contributed by atoms with E-state index in [-0.39, 0.29) is 60.1 Å². The average Bonchev–Trinajstić information content (AvgIpc) is 3.47. The minimum absolute atomic E-state index is 0.00705. The highest BCUT2D eigenvalue weighted by molar-refractivity contribution is 6.40. The smallest absolute Gasteiger partial charge is 0.328 e. The molecule has 2 aliphatic rings. The van der Waals surface area contributed by atoms with Gasteiger partial charge in [-0.2, -0.15) is 10.4 Å². The fourth-order valence-corrected chi connectivity index (χ4v) is 6.05. The molecule has 2 aromatic carbocycles. The maximum atomic E-state index is 13.3. The van der Waals surface area contributed by atoms with Gasteiger partial charge in [-0.05, 0) is 42.2 Å². The minimum atomic E-state index is -1.48. The van der Waals surface area contributed by atoms with Crippen LogP contribution < -0.4 is 10.6 Å². The third-order valence-electron chi connectivity index (χ3n) is 7.68. The van der Waals surface area contributed by atoms with Gasteiger partial charge < -0.3 is 35.8 Å². The summed E-state index contributed by atoms with van der Waals surface area (Å²) < 4.78 is 0. The summed E-state index contributed by atoms with van der Waals surface area (Å²) in [6.07, 6.45) is 1.85. The number of likely N-dealkylation sites (tertiary alicyclic amines) is 1. The van der Waals surface area contributed by atoms with Crippen LogP contribution in [0.3, 0.4) is 0 Å². The van der Waals surface area contributed by atoms with Crippen LogP contribution >= 0.6 is 23.2 Å². The first-order valence-electron chi connectivity index (χ1n) is 13.6. The van der Waals surface area contributed by atoms with E-state index in [9.17, 15) is 29.7 Å². The summed E-state index contributed by atoms with van der Waals surface area (Å²) in [7, 11) is 0. The molecule has 1 aromatic heterocycles. The van der Waals surface area contributed by atoms with Crippen LogP contribution in [0.15, 0.2) is 35.5 Å². The van der Waals surface area contributed by atoms with E-state index in [0.29, 0.717) is 29.7 Å². The number of hydrogen-bond acceptors (Lipinski definition) is 8. The molecule has 230 valence electrons. The number of rotatable bonds is 6.